The molecule has 8 heteroatoms. The van der Waals surface area contributed by atoms with Crippen LogP contribution in [0, 0.1) is 18.3 Å². The van der Waals surface area contributed by atoms with E-state index in [0.717, 1.165) is 16.3 Å². The van der Waals surface area contributed by atoms with E-state index in [1.54, 1.807) is 30.3 Å². The van der Waals surface area contributed by atoms with Gasteiger partial charge in [-0.1, -0.05) is 42.5 Å². The third-order valence-electron chi connectivity index (χ3n) is 5.50. The quantitative estimate of drug-likeness (QED) is 0.105. The smallest absolute Gasteiger partial charge is 0.344 e. The van der Waals surface area contributed by atoms with Gasteiger partial charge in [-0.3, -0.25) is 4.79 Å². The van der Waals surface area contributed by atoms with Gasteiger partial charge < -0.3 is 14.8 Å². The number of carbonyl (C=O) groups excluding carboxylic acids is 2. The van der Waals surface area contributed by atoms with Crippen molar-refractivity contribution in [1.82, 2.24) is 0 Å². The van der Waals surface area contributed by atoms with Gasteiger partial charge in [-0.2, -0.15) is 5.26 Å². The van der Waals surface area contributed by atoms with Crippen LogP contribution >= 0.6 is 31.9 Å². The average Bonchev–Trinajstić information content (AvgIpc) is 2.89. The lowest BCUT2D eigenvalue weighted by atomic mass is 10.0. The maximum Gasteiger partial charge on any atom is 0.344 e. The Labute approximate surface area is 230 Å². The van der Waals surface area contributed by atoms with Crippen molar-refractivity contribution in [2.45, 2.75) is 6.92 Å². The summed E-state index contributed by atoms with van der Waals surface area (Å²) in [6.45, 7) is 1.93. The van der Waals surface area contributed by atoms with E-state index in [2.05, 4.69) is 37.2 Å². The number of nitrogens with one attached hydrogen (secondary N) is 1. The Morgan fingerprint density at radius 1 is 0.946 bits per heavy atom. The van der Waals surface area contributed by atoms with Crippen LogP contribution in [0.1, 0.15) is 21.5 Å². The fourth-order valence-electron chi connectivity index (χ4n) is 3.74. The van der Waals surface area contributed by atoms with Crippen molar-refractivity contribution in [3.63, 3.8) is 0 Å². The van der Waals surface area contributed by atoms with Crippen LogP contribution in [0.4, 0.5) is 5.69 Å². The van der Waals surface area contributed by atoms with Crippen LogP contribution in [0.5, 0.6) is 11.5 Å². The second kappa shape index (κ2) is 11.4. The Hall–Kier alpha value is -3.93. The number of aryl methyl sites for hydroxylation is 1. The monoisotopic (exact) mass is 618 g/mol. The molecule has 0 bridgehead atoms. The molecule has 0 saturated heterocycles. The summed E-state index contributed by atoms with van der Waals surface area (Å²) < 4.78 is 12.4. The molecular weight excluding hydrogens is 600 g/mol. The largest absolute Gasteiger partial charge is 0.493 e. The first kappa shape index (κ1) is 26.1. The molecule has 0 aliphatic heterocycles. The van der Waals surface area contributed by atoms with E-state index in [-0.39, 0.29) is 11.3 Å². The number of nitrogens with zero attached hydrogens (tertiary/aromatic N) is 1. The van der Waals surface area contributed by atoms with E-state index >= 15 is 0 Å². The Morgan fingerprint density at radius 3 is 2.35 bits per heavy atom. The van der Waals surface area contributed by atoms with Crippen molar-refractivity contribution < 1.29 is 19.1 Å². The van der Waals surface area contributed by atoms with E-state index in [4.69, 9.17) is 9.47 Å². The highest BCUT2D eigenvalue weighted by Crippen LogP contribution is 2.33. The lowest BCUT2D eigenvalue weighted by Crippen LogP contribution is -2.14. The minimum atomic E-state index is -0.585. The molecule has 37 heavy (non-hydrogen) atoms. The highest BCUT2D eigenvalue weighted by Gasteiger charge is 2.17. The number of halogens is 2. The lowest BCUT2D eigenvalue weighted by Gasteiger charge is -2.12. The van der Waals surface area contributed by atoms with Crippen LogP contribution in [0.3, 0.4) is 0 Å². The predicted molar refractivity (Wildman–Crippen MR) is 151 cm³/mol. The molecule has 0 saturated carbocycles. The zero-order valence-corrected chi connectivity index (χ0v) is 23.0. The number of amides is 1. The van der Waals surface area contributed by atoms with Crippen LogP contribution in [0.15, 0.2) is 87.3 Å². The molecule has 0 fully saturated rings. The van der Waals surface area contributed by atoms with Crippen molar-refractivity contribution in [2.75, 3.05) is 12.4 Å². The van der Waals surface area contributed by atoms with E-state index in [1.807, 2.05) is 55.5 Å². The van der Waals surface area contributed by atoms with E-state index < -0.39 is 11.9 Å². The molecule has 0 heterocycles. The SMILES string of the molecule is COc1ccc(/C=C(\C#N)C(=O)Nc2c(Br)cc(C)cc2Br)cc1OC(=O)c1cccc2ccccc12. The first-order valence-electron chi connectivity index (χ1n) is 11.1. The minimum absolute atomic E-state index is 0.129. The predicted octanol–water partition coefficient (Wildman–Crippen LogP) is 7.45. The van der Waals surface area contributed by atoms with Crippen LogP contribution in [0.2, 0.25) is 0 Å². The number of hydrogen-bond acceptors (Lipinski definition) is 5. The number of carbonyl (C=O) groups is 2. The summed E-state index contributed by atoms with van der Waals surface area (Å²) in [6.07, 6.45) is 1.42. The molecule has 4 aromatic rings. The molecule has 0 aliphatic rings. The molecule has 4 rings (SSSR count). The molecule has 1 N–H and O–H groups in total. The van der Waals surface area contributed by atoms with Gasteiger partial charge >= 0.3 is 5.97 Å². The standard InChI is InChI=1S/C29H20Br2N2O4/c1-17-12-23(30)27(24(31)13-17)33-28(34)20(16-32)14-18-10-11-25(36-2)26(15-18)37-29(35)22-9-5-7-19-6-3-4-8-21(19)22/h3-15H,1-2H3,(H,33,34)/b20-14+. The van der Waals surface area contributed by atoms with Gasteiger partial charge in [0.25, 0.3) is 5.91 Å². The lowest BCUT2D eigenvalue weighted by molar-refractivity contribution is -0.112. The highest BCUT2D eigenvalue weighted by molar-refractivity contribution is 9.11. The van der Waals surface area contributed by atoms with Gasteiger partial charge in [0.2, 0.25) is 0 Å². The van der Waals surface area contributed by atoms with Gasteiger partial charge in [0, 0.05) is 8.95 Å². The summed E-state index contributed by atoms with van der Waals surface area (Å²) in [6, 6.07) is 23.4. The van der Waals surface area contributed by atoms with Gasteiger partial charge in [-0.15, -0.1) is 0 Å². The topological polar surface area (TPSA) is 88.4 Å². The number of methoxy groups -OCH3 is 1. The van der Waals surface area contributed by atoms with Crippen LogP contribution in [-0.4, -0.2) is 19.0 Å². The second-order valence-corrected chi connectivity index (χ2v) is 9.76. The summed E-state index contributed by atoms with van der Waals surface area (Å²) in [5.74, 6) is -0.640. The number of nitriles is 1. The van der Waals surface area contributed by atoms with Crippen LogP contribution in [0.25, 0.3) is 16.8 Å². The number of esters is 1. The molecular formula is C29H20Br2N2O4. The summed E-state index contributed by atoms with van der Waals surface area (Å²) in [5, 5.41) is 14.1. The summed E-state index contributed by atoms with van der Waals surface area (Å²) in [4.78, 5) is 25.9. The Kier molecular flexibility index (Phi) is 8.07. The molecule has 4 aromatic carbocycles. The molecule has 6 nitrogen and oxygen atoms in total. The van der Waals surface area contributed by atoms with Gasteiger partial charge in [-0.05, 0) is 97.1 Å². The van der Waals surface area contributed by atoms with Crippen molar-refractivity contribution >= 4 is 66.3 Å². The maximum atomic E-state index is 13.1. The molecule has 0 radical (unpaired) electrons. The molecule has 0 spiro atoms. The number of rotatable bonds is 6. The first-order chi connectivity index (χ1) is 17.8. The average molecular weight is 620 g/mol. The number of benzene rings is 4. The van der Waals surface area contributed by atoms with E-state index in [0.29, 0.717) is 31.5 Å². The second-order valence-electron chi connectivity index (χ2n) is 8.05. The van der Waals surface area contributed by atoms with Crippen molar-refractivity contribution in [3.8, 4) is 17.6 Å². The summed E-state index contributed by atoms with van der Waals surface area (Å²) in [7, 11) is 1.46. The number of ether oxygens (including phenoxy) is 2. The Morgan fingerprint density at radius 2 is 1.65 bits per heavy atom. The normalized spacial score (nSPS) is 11.1. The molecule has 0 aromatic heterocycles. The zero-order valence-electron chi connectivity index (χ0n) is 19.8. The highest BCUT2D eigenvalue weighted by atomic mass is 79.9. The van der Waals surface area contributed by atoms with Crippen LogP contribution < -0.4 is 14.8 Å². The van der Waals surface area contributed by atoms with Crippen molar-refractivity contribution in [3.05, 3.63) is 104 Å². The molecule has 184 valence electrons. The fourth-order valence-corrected chi connectivity index (χ4v) is 5.35. The molecule has 0 atom stereocenters. The van der Waals surface area contributed by atoms with Gasteiger partial charge in [0.05, 0.1) is 18.4 Å². The van der Waals surface area contributed by atoms with Gasteiger partial charge in [0.15, 0.2) is 11.5 Å². The number of anilines is 1. The molecule has 0 aliphatic carbocycles. The van der Waals surface area contributed by atoms with E-state index in [9.17, 15) is 14.9 Å². The molecule has 1 amide bonds. The van der Waals surface area contributed by atoms with Gasteiger partial charge in [0.1, 0.15) is 11.6 Å². The van der Waals surface area contributed by atoms with Crippen molar-refractivity contribution in [2.24, 2.45) is 0 Å². The molecule has 0 unspecified atom stereocenters. The number of hydrogen-bond donors (Lipinski definition) is 1. The fraction of sp³-hybridized carbons (Fsp3) is 0.0690. The number of fused-ring (bicyclic) bond motifs is 1. The minimum Gasteiger partial charge on any atom is -0.493 e. The third-order valence-corrected chi connectivity index (χ3v) is 6.75. The van der Waals surface area contributed by atoms with Crippen LogP contribution in [-0.2, 0) is 4.79 Å². The van der Waals surface area contributed by atoms with E-state index in [1.165, 1.54) is 13.2 Å². The summed E-state index contributed by atoms with van der Waals surface area (Å²) >= 11 is 6.87. The van der Waals surface area contributed by atoms with Gasteiger partial charge in [-0.25, -0.2) is 4.79 Å². The van der Waals surface area contributed by atoms with Crippen molar-refractivity contribution in [1.29, 1.82) is 5.26 Å². The Bertz CT molecular complexity index is 1580. The zero-order chi connectivity index (χ0) is 26.5. The maximum absolute atomic E-state index is 13.1. The third kappa shape index (κ3) is 5.91. The summed E-state index contributed by atoms with van der Waals surface area (Å²) in [5.41, 5.74) is 2.27. The first-order valence-corrected chi connectivity index (χ1v) is 12.7. The Balaban J connectivity index is 1.63.